The molecular formula is C18H16BrCl2FN2O2. The number of nitrogens with zero attached hydrogens (tertiary/aromatic N) is 1. The Hall–Kier alpha value is -1.63. The molecule has 138 valence electrons. The first-order valence-corrected chi connectivity index (χ1v) is 9.36. The van der Waals surface area contributed by atoms with E-state index in [2.05, 4.69) is 21.2 Å². The van der Waals surface area contributed by atoms with Crippen molar-refractivity contribution in [2.45, 2.75) is 13.3 Å². The van der Waals surface area contributed by atoms with E-state index in [-0.39, 0.29) is 18.0 Å². The van der Waals surface area contributed by atoms with E-state index in [4.69, 9.17) is 23.2 Å². The number of nitrogens with one attached hydrogen (secondary N) is 1. The van der Waals surface area contributed by atoms with Crippen LogP contribution >= 0.6 is 39.1 Å². The largest absolute Gasteiger partial charge is 0.329 e. The molecule has 0 spiro atoms. The molecule has 4 nitrogen and oxygen atoms in total. The monoisotopic (exact) mass is 460 g/mol. The standard InChI is InChI=1S/C18H16BrCl2FN2O2/c1-2-7-24(18(26)13-5-4-12(22)9-14(13)19)10-17(25)23-16-8-11(20)3-6-15(16)21/h3-6,8-9H,2,7,10H2,1H3,(H,23,25). The summed E-state index contributed by atoms with van der Waals surface area (Å²) in [5.41, 5.74) is 0.657. The predicted octanol–water partition coefficient (Wildman–Crippen LogP) is 5.39. The maximum absolute atomic E-state index is 13.2. The second kappa shape index (κ2) is 9.35. The average Bonchev–Trinajstić information content (AvgIpc) is 2.57. The summed E-state index contributed by atoms with van der Waals surface area (Å²) in [6, 6.07) is 8.51. The number of rotatable bonds is 6. The highest BCUT2D eigenvalue weighted by atomic mass is 79.9. The third-order valence-electron chi connectivity index (χ3n) is 3.48. The van der Waals surface area contributed by atoms with E-state index in [0.29, 0.717) is 33.2 Å². The number of amides is 2. The number of halogens is 4. The Labute approximate surface area is 169 Å². The van der Waals surface area contributed by atoms with Crippen LogP contribution in [0.2, 0.25) is 10.0 Å². The lowest BCUT2D eigenvalue weighted by atomic mass is 10.2. The molecule has 2 aromatic rings. The summed E-state index contributed by atoms with van der Waals surface area (Å²) in [4.78, 5) is 26.5. The summed E-state index contributed by atoms with van der Waals surface area (Å²) in [5, 5.41) is 3.43. The highest BCUT2D eigenvalue weighted by Gasteiger charge is 2.21. The zero-order valence-corrected chi connectivity index (χ0v) is 17.0. The van der Waals surface area contributed by atoms with E-state index in [0.717, 1.165) is 0 Å². The van der Waals surface area contributed by atoms with E-state index in [9.17, 15) is 14.0 Å². The van der Waals surface area contributed by atoms with Crippen molar-refractivity contribution in [3.63, 3.8) is 0 Å². The minimum atomic E-state index is -0.455. The van der Waals surface area contributed by atoms with Gasteiger partial charge in [0.2, 0.25) is 5.91 Å². The predicted molar refractivity (Wildman–Crippen MR) is 105 cm³/mol. The lowest BCUT2D eigenvalue weighted by Gasteiger charge is -2.22. The second-order valence-corrected chi connectivity index (χ2v) is 7.22. The van der Waals surface area contributed by atoms with Crippen molar-refractivity contribution in [3.8, 4) is 0 Å². The van der Waals surface area contributed by atoms with Crippen molar-refractivity contribution < 1.29 is 14.0 Å². The van der Waals surface area contributed by atoms with Crippen LogP contribution in [0.25, 0.3) is 0 Å². The number of hydrogen-bond acceptors (Lipinski definition) is 2. The highest BCUT2D eigenvalue weighted by molar-refractivity contribution is 9.10. The third kappa shape index (κ3) is 5.43. The van der Waals surface area contributed by atoms with Gasteiger partial charge in [0.15, 0.2) is 0 Å². The van der Waals surface area contributed by atoms with Crippen LogP contribution in [0.4, 0.5) is 10.1 Å². The summed E-state index contributed by atoms with van der Waals surface area (Å²) >= 11 is 15.1. The Bertz CT molecular complexity index is 833. The molecule has 0 aliphatic carbocycles. The van der Waals surface area contributed by atoms with Crippen LogP contribution in [0.3, 0.4) is 0 Å². The van der Waals surface area contributed by atoms with E-state index >= 15 is 0 Å². The van der Waals surface area contributed by atoms with Crippen molar-refractivity contribution in [2.24, 2.45) is 0 Å². The van der Waals surface area contributed by atoms with Crippen LogP contribution < -0.4 is 5.32 Å². The summed E-state index contributed by atoms with van der Waals surface area (Å²) in [5.74, 6) is -1.23. The van der Waals surface area contributed by atoms with Gasteiger partial charge in [-0.15, -0.1) is 0 Å². The van der Waals surface area contributed by atoms with Crippen molar-refractivity contribution in [2.75, 3.05) is 18.4 Å². The fourth-order valence-corrected chi connectivity index (χ4v) is 3.17. The molecule has 0 aliphatic heterocycles. The highest BCUT2D eigenvalue weighted by Crippen LogP contribution is 2.25. The first kappa shape index (κ1) is 20.7. The molecule has 0 aromatic heterocycles. The molecule has 2 rings (SSSR count). The number of benzene rings is 2. The molecule has 1 N–H and O–H groups in total. The number of carbonyl (C=O) groups is 2. The maximum Gasteiger partial charge on any atom is 0.255 e. The quantitative estimate of drug-likeness (QED) is 0.627. The molecule has 0 atom stereocenters. The summed E-state index contributed by atoms with van der Waals surface area (Å²) in [7, 11) is 0. The number of anilines is 1. The Balaban J connectivity index is 2.15. The van der Waals surface area contributed by atoms with Crippen LogP contribution in [0, 0.1) is 5.82 Å². The minimum Gasteiger partial charge on any atom is -0.329 e. The Morgan fingerprint density at radius 2 is 1.92 bits per heavy atom. The van der Waals surface area contributed by atoms with E-state index in [1.807, 2.05) is 6.92 Å². The van der Waals surface area contributed by atoms with Gasteiger partial charge in [0.05, 0.1) is 16.3 Å². The second-order valence-electron chi connectivity index (χ2n) is 5.52. The molecule has 2 aromatic carbocycles. The number of hydrogen-bond donors (Lipinski definition) is 1. The van der Waals surface area contributed by atoms with Gasteiger partial charge in [-0.25, -0.2) is 4.39 Å². The zero-order valence-electron chi connectivity index (χ0n) is 13.9. The van der Waals surface area contributed by atoms with Gasteiger partial charge >= 0.3 is 0 Å². The summed E-state index contributed by atoms with van der Waals surface area (Å²) in [6.07, 6.45) is 0.662. The molecule has 0 aliphatic rings. The molecule has 0 unspecified atom stereocenters. The molecule has 0 bridgehead atoms. The molecule has 0 radical (unpaired) electrons. The van der Waals surface area contributed by atoms with E-state index in [1.54, 1.807) is 12.1 Å². The van der Waals surface area contributed by atoms with Gasteiger partial charge in [-0.2, -0.15) is 0 Å². The fourth-order valence-electron chi connectivity index (χ4n) is 2.31. The van der Waals surface area contributed by atoms with Crippen LogP contribution in [-0.4, -0.2) is 29.8 Å². The van der Waals surface area contributed by atoms with Crippen molar-refractivity contribution in [3.05, 3.63) is 62.3 Å². The maximum atomic E-state index is 13.2. The topological polar surface area (TPSA) is 49.4 Å². The first-order chi connectivity index (χ1) is 12.3. The van der Waals surface area contributed by atoms with Crippen molar-refractivity contribution in [1.29, 1.82) is 0 Å². The SMILES string of the molecule is CCCN(CC(=O)Nc1cc(Cl)ccc1Cl)C(=O)c1ccc(F)cc1Br. The normalized spacial score (nSPS) is 10.5. The molecule has 8 heteroatoms. The lowest BCUT2D eigenvalue weighted by molar-refractivity contribution is -0.116. The van der Waals surface area contributed by atoms with Gasteiger partial charge < -0.3 is 10.2 Å². The molecule has 0 heterocycles. The van der Waals surface area contributed by atoms with E-state index in [1.165, 1.54) is 29.2 Å². The molecule has 0 saturated carbocycles. The lowest BCUT2D eigenvalue weighted by Crippen LogP contribution is -2.38. The minimum absolute atomic E-state index is 0.167. The third-order valence-corrected chi connectivity index (χ3v) is 4.70. The molecule has 0 saturated heterocycles. The molecule has 2 amide bonds. The van der Waals surface area contributed by atoms with Crippen molar-refractivity contribution >= 4 is 56.6 Å². The average molecular weight is 462 g/mol. The fraction of sp³-hybridized carbons (Fsp3) is 0.222. The Kier molecular flexibility index (Phi) is 7.43. The zero-order chi connectivity index (χ0) is 19.3. The molecular weight excluding hydrogens is 446 g/mol. The van der Waals surface area contributed by atoms with Gasteiger partial charge in [-0.1, -0.05) is 30.1 Å². The number of carbonyl (C=O) groups excluding carboxylic acids is 2. The van der Waals surface area contributed by atoms with Crippen LogP contribution in [0.5, 0.6) is 0 Å². The van der Waals surface area contributed by atoms with Crippen LogP contribution in [-0.2, 0) is 4.79 Å². The van der Waals surface area contributed by atoms with Crippen LogP contribution in [0.15, 0.2) is 40.9 Å². The Morgan fingerprint density at radius 3 is 2.58 bits per heavy atom. The first-order valence-electron chi connectivity index (χ1n) is 7.81. The summed E-state index contributed by atoms with van der Waals surface area (Å²) < 4.78 is 13.6. The van der Waals surface area contributed by atoms with E-state index < -0.39 is 11.7 Å². The van der Waals surface area contributed by atoms with Gasteiger partial charge in [-0.3, -0.25) is 9.59 Å². The van der Waals surface area contributed by atoms with Crippen LogP contribution in [0.1, 0.15) is 23.7 Å². The smallest absolute Gasteiger partial charge is 0.255 e. The van der Waals surface area contributed by atoms with Gasteiger partial charge in [0.25, 0.3) is 5.91 Å². The van der Waals surface area contributed by atoms with Gasteiger partial charge in [0, 0.05) is 16.0 Å². The molecule has 26 heavy (non-hydrogen) atoms. The Morgan fingerprint density at radius 1 is 1.19 bits per heavy atom. The van der Waals surface area contributed by atoms with Gasteiger partial charge in [-0.05, 0) is 58.7 Å². The van der Waals surface area contributed by atoms with Gasteiger partial charge in [0.1, 0.15) is 12.4 Å². The van der Waals surface area contributed by atoms with Crippen molar-refractivity contribution in [1.82, 2.24) is 4.90 Å². The molecule has 0 fully saturated rings. The summed E-state index contributed by atoms with van der Waals surface area (Å²) in [6.45, 7) is 2.10.